The van der Waals surface area contributed by atoms with Crippen molar-refractivity contribution in [3.05, 3.63) is 71.1 Å². The van der Waals surface area contributed by atoms with Gasteiger partial charge < -0.3 is 5.32 Å². The summed E-state index contributed by atoms with van der Waals surface area (Å²) in [6, 6.07) is 10.7. The summed E-state index contributed by atoms with van der Waals surface area (Å²) in [5.74, 6) is -3.10. The van der Waals surface area contributed by atoms with Crippen LogP contribution in [0.2, 0.25) is 5.02 Å². The minimum Gasteiger partial charge on any atom is -0.358 e. The molecule has 0 saturated carbocycles. The molecule has 2 N–H and O–H groups in total. The average Bonchev–Trinajstić information content (AvgIpc) is 2.63. The second-order valence-corrected chi connectivity index (χ2v) is 6.19. The predicted octanol–water partition coefficient (Wildman–Crippen LogP) is 3.69. The van der Waals surface area contributed by atoms with Crippen molar-refractivity contribution in [3.63, 3.8) is 0 Å². The normalized spacial score (nSPS) is 17.7. The van der Waals surface area contributed by atoms with E-state index in [1.807, 2.05) is 0 Å². The summed E-state index contributed by atoms with van der Waals surface area (Å²) in [4.78, 5) is 38.4. The van der Waals surface area contributed by atoms with E-state index >= 15 is 0 Å². The van der Waals surface area contributed by atoms with E-state index in [-0.39, 0.29) is 11.4 Å². The number of halogens is 2. The largest absolute Gasteiger partial charge is 0.358 e. The quantitative estimate of drug-likeness (QED) is 0.784. The van der Waals surface area contributed by atoms with Gasteiger partial charge in [-0.3, -0.25) is 14.9 Å². The smallest absolute Gasteiger partial charge is 0.335 e. The molecule has 2 aromatic rings. The molecule has 4 amide bonds. The molecule has 0 aliphatic carbocycles. The van der Waals surface area contributed by atoms with Gasteiger partial charge in [0.15, 0.2) is 5.92 Å². The van der Waals surface area contributed by atoms with Crippen LogP contribution in [0.25, 0.3) is 0 Å². The van der Waals surface area contributed by atoms with Crippen molar-refractivity contribution in [2.45, 2.75) is 6.92 Å². The standard InChI is InChI=1S/C19H15ClFN3O3/c1-2-15(22-13-7-5-12(21)6-8-13)16-17(25)23-19(27)24(18(16)26)14-9-3-11(20)4-10-14/h2-10,16,22H,1H3,(H,23,25,27)/b15-2+/t16-/m0/s1. The van der Waals surface area contributed by atoms with E-state index < -0.39 is 29.6 Å². The summed E-state index contributed by atoms with van der Waals surface area (Å²) in [6.07, 6.45) is 1.56. The second kappa shape index (κ2) is 7.59. The van der Waals surface area contributed by atoms with Crippen LogP contribution in [0.5, 0.6) is 0 Å². The number of allylic oxidation sites excluding steroid dienone is 1. The first kappa shape index (κ1) is 18.6. The molecule has 8 heteroatoms. The van der Waals surface area contributed by atoms with Gasteiger partial charge in [0.2, 0.25) is 5.91 Å². The fourth-order valence-electron chi connectivity index (χ4n) is 2.69. The van der Waals surface area contributed by atoms with Gasteiger partial charge in [-0.15, -0.1) is 0 Å². The Labute approximate surface area is 159 Å². The first-order chi connectivity index (χ1) is 12.9. The van der Waals surface area contributed by atoms with E-state index in [9.17, 15) is 18.8 Å². The average molecular weight is 388 g/mol. The van der Waals surface area contributed by atoms with E-state index in [2.05, 4.69) is 10.6 Å². The third kappa shape index (κ3) is 3.83. The summed E-state index contributed by atoms with van der Waals surface area (Å²) >= 11 is 5.85. The number of carbonyl (C=O) groups excluding carboxylic acids is 3. The van der Waals surface area contributed by atoms with Crippen molar-refractivity contribution in [2.24, 2.45) is 5.92 Å². The van der Waals surface area contributed by atoms with Gasteiger partial charge in [0.05, 0.1) is 5.69 Å². The molecule has 0 spiro atoms. The zero-order valence-electron chi connectivity index (χ0n) is 14.2. The number of urea groups is 1. The lowest BCUT2D eigenvalue weighted by atomic mass is 9.99. The molecule has 1 aliphatic heterocycles. The van der Waals surface area contributed by atoms with Gasteiger partial charge in [0, 0.05) is 16.4 Å². The monoisotopic (exact) mass is 387 g/mol. The van der Waals surface area contributed by atoms with Crippen molar-refractivity contribution in [3.8, 4) is 0 Å². The van der Waals surface area contributed by atoms with Crippen LogP contribution in [0, 0.1) is 11.7 Å². The van der Waals surface area contributed by atoms with Crippen LogP contribution in [0.15, 0.2) is 60.3 Å². The SMILES string of the molecule is C/C=C(/Nc1ccc(F)cc1)[C@H]1C(=O)NC(=O)N(c2ccc(Cl)cc2)C1=O. The number of barbiturate groups is 1. The summed E-state index contributed by atoms with van der Waals surface area (Å²) < 4.78 is 13.1. The number of nitrogens with zero attached hydrogens (tertiary/aromatic N) is 1. The maximum Gasteiger partial charge on any atom is 0.335 e. The molecule has 0 bridgehead atoms. The lowest BCUT2D eigenvalue weighted by Gasteiger charge is -2.31. The van der Waals surface area contributed by atoms with Gasteiger partial charge in [-0.1, -0.05) is 17.7 Å². The molecular weight excluding hydrogens is 373 g/mol. The van der Waals surface area contributed by atoms with Gasteiger partial charge in [0.1, 0.15) is 5.82 Å². The van der Waals surface area contributed by atoms with E-state index in [1.54, 1.807) is 13.0 Å². The van der Waals surface area contributed by atoms with Crippen LogP contribution in [0.4, 0.5) is 20.6 Å². The summed E-state index contributed by atoms with van der Waals surface area (Å²) in [7, 11) is 0. The first-order valence-corrected chi connectivity index (χ1v) is 8.41. The van der Waals surface area contributed by atoms with Crippen LogP contribution in [0.1, 0.15) is 6.92 Å². The molecule has 2 aromatic carbocycles. The zero-order chi connectivity index (χ0) is 19.6. The zero-order valence-corrected chi connectivity index (χ0v) is 15.0. The number of benzene rings is 2. The highest BCUT2D eigenvalue weighted by molar-refractivity contribution is 6.31. The van der Waals surface area contributed by atoms with Crippen LogP contribution >= 0.6 is 11.6 Å². The number of nitrogens with one attached hydrogen (secondary N) is 2. The molecule has 27 heavy (non-hydrogen) atoms. The molecule has 0 unspecified atom stereocenters. The summed E-state index contributed by atoms with van der Waals surface area (Å²) in [6.45, 7) is 1.65. The number of rotatable bonds is 4. The maximum absolute atomic E-state index is 13.1. The van der Waals surface area contributed by atoms with Crippen LogP contribution in [-0.4, -0.2) is 17.8 Å². The van der Waals surface area contributed by atoms with Crippen molar-refractivity contribution in [1.29, 1.82) is 0 Å². The number of anilines is 2. The Hall–Kier alpha value is -3.19. The molecule has 1 fully saturated rings. The number of hydrogen-bond donors (Lipinski definition) is 2. The van der Waals surface area contributed by atoms with Gasteiger partial charge in [-0.2, -0.15) is 0 Å². The third-order valence-corrected chi connectivity index (χ3v) is 4.25. The Morgan fingerprint density at radius 3 is 2.33 bits per heavy atom. The van der Waals surface area contributed by atoms with Crippen molar-refractivity contribution in [2.75, 3.05) is 10.2 Å². The molecule has 1 atom stereocenters. The Bertz CT molecular complexity index is 926. The van der Waals surface area contributed by atoms with Crippen molar-refractivity contribution in [1.82, 2.24) is 5.32 Å². The topological polar surface area (TPSA) is 78.5 Å². The fourth-order valence-corrected chi connectivity index (χ4v) is 2.82. The van der Waals surface area contributed by atoms with Gasteiger partial charge >= 0.3 is 6.03 Å². The fraction of sp³-hybridized carbons (Fsp3) is 0.105. The second-order valence-electron chi connectivity index (χ2n) is 5.75. The van der Waals surface area contributed by atoms with E-state index in [1.165, 1.54) is 48.5 Å². The lowest BCUT2D eigenvalue weighted by molar-refractivity contribution is -0.132. The van der Waals surface area contributed by atoms with Crippen molar-refractivity contribution >= 4 is 40.8 Å². The lowest BCUT2D eigenvalue weighted by Crippen LogP contribution is -2.59. The third-order valence-electron chi connectivity index (χ3n) is 4.00. The van der Waals surface area contributed by atoms with Gasteiger partial charge in [-0.25, -0.2) is 14.1 Å². The Kier molecular flexibility index (Phi) is 5.23. The van der Waals surface area contributed by atoms with Crippen molar-refractivity contribution < 1.29 is 18.8 Å². The molecule has 1 saturated heterocycles. The van der Waals surface area contributed by atoms with E-state index in [0.717, 1.165) is 4.90 Å². The Balaban J connectivity index is 1.91. The van der Waals surface area contributed by atoms with Crippen LogP contribution in [-0.2, 0) is 9.59 Å². The summed E-state index contributed by atoms with van der Waals surface area (Å²) in [5.41, 5.74) is 1.06. The van der Waals surface area contributed by atoms with Gasteiger partial charge in [-0.05, 0) is 55.5 Å². The highest BCUT2D eigenvalue weighted by Gasteiger charge is 2.43. The first-order valence-electron chi connectivity index (χ1n) is 8.04. The molecule has 0 aromatic heterocycles. The predicted molar refractivity (Wildman–Crippen MR) is 99.7 cm³/mol. The molecule has 0 radical (unpaired) electrons. The Morgan fingerprint density at radius 1 is 1.11 bits per heavy atom. The minimum absolute atomic E-state index is 0.274. The number of carbonyl (C=O) groups is 3. The molecule has 1 heterocycles. The molecular formula is C19H15ClFN3O3. The highest BCUT2D eigenvalue weighted by atomic mass is 35.5. The highest BCUT2D eigenvalue weighted by Crippen LogP contribution is 2.26. The molecule has 6 nitrogen and oxygen atoms in total. The molecule has 1 aliphatic rings. The maximum atomic E-state index is 13.1. The molecule has 3 rings (SSSR count). The minimum atomic E-state index is -1.26. The molecule has 138 valence electrons. The van der Waals surface area contributed by atoms with E-state index in [4.69, 9.17) is 11.6 Å². The summed E-state index contributed by atoms with van der Waals surface area (Å²) in [5, 5.41) is 5.57. The Morgan fingerprint density at radius 2 is 1.74 bits per heavy atom. The van der Waals surface area contributed by atoms with Crippen LogP contribution < -0.4 is 15.5 Å². The van der Waals surface area contributed by atoms with Crippen LogP contribution in [0.3, 0.4) is 0 Å². The number of hydrogen-bond acceptors (Lipinski definition) is 4. The number of amides is 4. The number of imide groups is 2. The van der Waals surface area contributed by atoms with Gasteiger partial charge in [0.25, 0.3) is 5.91 Å². The van der Waals surface area contributed by atoms with E-state index in [0.29, 0.717) is 10.7 Å².